The maximum atomic E-state index is 9.45. The van der Waals surface area contributed by atoms with E-state index in [-0.39, 0.29) is 18.3 Å². The van der Waals surface area contributed by atoms with Gasteiger partial charge in [-0.1, -0.05) is 13.8 Å². The molecule has 0 radical (unpaired) electrons. The lowest BCUT2D eigenvalue weighted by Crippen LogP contribution is -2.53. The Hall–Kier alpha value is -0.160. The summed E-state index contributed by atoms with van der Waals surface area (Å²) in [5, 5.41) is 9.45. The molecule has 0 saturated heterocycles. The van der Waals surface area contributed by atoms with Crippen LogP contribution in [0.4, 0.5) is 0 Å². The highest BCUT2D eigenvalue weighted by Crippen LogP contribution is 2.26. The first kappa shape index (κ1) is 13.9. The summed E-state index contributed by atoms with van der Waals surface area (Å²) >= 11 is 0. The summed E-state index contributed by atoms with van der Waals surface area (Å²) in [6.45, 7) is 8.74. The van der Waals surface area contributed by atoms with Crippen LogP contribution >= 0.6 is 0 Å². The average molecular weight is 232 g/mol. The van der Waals surface area contributed by atoms with Crippen molar-refractivity contribution in [2.24, 2.45) is 5.92 Å². The second-order valence-corrected chi connectivity index (χ2v) is 4.60. The fraction of sp³-hybridized carbons (Fsp3) is 1.00. The lowest BCUT2D eigenvalue weighted by atomic mass is 9.88. The van der Waals surface area contributed by atoms with Crippen LogP contribution in [0.15, 0.2) is 0 Å². The highest BCUT2D eigenvalue weighted by atomic mass is 16.6. The van der Waals surface area contributed by atoms with Crippen molar-refractivity contribution in [1.29, 1.82) is 0 Å². The van der Waals surface area contributed by atoms with Gasteiger partial charge >= 0.3 is 0 Å². The van der Waals surface area contributed by atoms with Gasteiger partial charge < -0.3 is 19.3 Å². The topological polar surface area (TPSA) is 47.9 Å². The third kappa shape index (κ3) is 4.37. The van der Waals surface area contributed by atoms with Crippen LogP contribution < -0.4 is 0 Å². The molecule has 0 bridgehead atoms. The molecule has 3 unspecified atom stereocenters. The van der Waals surface area contributed by atoms with E-state index in [1.54, 1.807) is 0 Å². The number of aliphatic hydroxyl groups excluding tert-OH is 1. The van der Waals surface area contributed by atoms with Crippen molar-refractivity contribution in [2.45, 2.75) is 45.5 Å². The minimum absolute atomic E-state index is 0.0394. The third-order valence-corrected chi connectivity index (χ3v) is 2.59. The molecule has 1 saturated carbocycles. The van der Waals surface area contributed by atoms with Crippen LogP contribution in [-0.2, 0) is 14.2 Å². The van der Waals surface area contributed by atoms with Crippen molar-refractivity contribution in [3.05, 3.63) is 0 Å². The Morgan fingerprint density at radius 3 is 2.56 bits per heavy atom. The van der Waals surface area contributed by atoms with Crippen LogP contribution in [0.1, 0.15) is 27.2 Å². The first-order chi connectivity index (χ1) is 7.65. The third-order valence-electron chi connectivity index (χ3n) is 2.59. The van der Waals surface area contributed by atoms with Gasteiger partial charge in [0.05, 0.1) is 25.4 Å². The Morgan fingerprint density at radius 1 is 1.25 bits per heavy atom. The average Bonchev–Trinajstić information content (AvgIpc) is 2.23. The molecular formula is C12H24O4. The van der Waals surface area contributed by atoms with E-state index >= 15 is 0 Å². The molecule has 1 N–H and O–H groups in total. The van der Waals surface area contributed by atoms with Gasteiger partial charge in [0, 0.05) is 19.6 Å². The monoisotopic (exact) mass is 232 g/mol. The summed E-state index contributed by atoms with van der Waals surface area (Å²) in [6, 6.07) is 0. The molecule has 0 spiro atoms. The van der Waals surface area contributed by atoms with Gasteiger partial charge in [-0.3, -0.25) is 0 Å². The predicted molar refractivity (Wildman–Crippen MR) is 61.4 cm³/mol. The minimum atomic E-state index is -0.360. The second kappa shape index (κ2) is 7.22. The molecule has 4 nitrogen and oxygen atoms in total. The molecule has 3 atom stereocenters. The number of ether oxygens (including phenoxy) is 3. The molecule has 0 aromatic rings. The van der Waals surface area contributed by atoms with Gasteiger partial charge in [-0.15, -0.1) is 0 Å². The highest BCUT2D eigenvalue weighted by Gasteiger charge is 2.41. The molecule has 4 heteroatoms. The number of hydrogen-bond acceptors (Lipinski definition) is 4. The fourth-order valence-electron chi connectivity index (χ4n) is 1.71. The molecule has 0 amide bonds. The van der Waals surface area contributed by atoms with E-state index in [0.717, 1.165) is 6.61 Å². The Labute approximate surface area is 97.9 Å². The van der Waals surface area contributed by atoms with Crippen LogP contribution in [0.5, 0.6) is 0 Å². The maximum Gasteiger partial charge on any atom is 0.110 e. The largest absolute Gasteiger partial charge is 0.390 e. The van der Waals surface area contributed by atoms with E-state index in [0.29, 0.717) is 32.2 Å². The minimum Gasteiger partial charge on any atom is -0.390 e. The summed E-state index contributed by atoms with van der Waals surface area (Å²) in [5.74, 6) is 0.557. The Bertz CT molecular complexity index is 184. The highest BCUT2D eigenvalue weighted by molar-refractivity contribution is 4.91. The summed E-state index contributed by atoms with van der Waals surface area (Å²) in [6.07, 6.45) is 0.212. The van der Waals surface area contributed by atoms with E-state index < -0.39 is 0 Å². The molecule has 0 aromatic carbocycles. The molecule has 1 aliphatic rings. The van der Waals surface area contributed by atoms with E-state index in [1.165, 1.54) is 0 Å². The zero-order valence-corrected chi connectivity index (χ0v) is 10.5. The molecule has 0 heterocycles. The zero-order chi connectivity index (χ0) is 12.0. The van der Waals surface area contributed by atoms with Crippen LogP contribution in [0.2, 0.25) is 0 Å². The predicted octanol–water partition coefficient (Wildman–Crippen LogP) is 1.21. The van der Waals surface area contributed by atoms with Gasteiger partial charge in [0.2, 0.25) is 0 Å². The number of hydrogen-bond donors (Lipinski definition) is 1. The molecule has 96 valence electrons. The number of aliphatic hydroxyl groups is 1. The van der Waals surface area contributed by atoms with Gasteiger partial charge in [-0.05, 0) is 12.8 Å². The van der Waals surface area contributed by atoms with Gasteiger partial charge in [-0.2, -0.15) is 0 Å². The normalized spacial score (nSPS) is 29.4. The lowest BCUT2D eigenvalue weighted by molar-refractivity contribution is -0.194. The Morgan fingerprint density at radius 2 is 2.00 bits per heavy atom. The maximum absolute atomic E-state index is 9.45. The van der Waals surface area contributed by atoms with Crippen molar-refractivity contribution < 1.29 is 19.3 Å². The molecular weight excluding hydrogens is 208 g/mol. The summed E-state index contributed by atoms with van der Waals surface area (Å²) in [5.41, 5.74) is 0. The van der Waals surface area contributed by atoms with Crippen molar-refractivity contribution in [3.63, 3.8) is 0 Å². The smallest absolute Gasteiger partial charge is 0.110 e. The molecule has 1 aliphatic carbocycles. The summed E-state index contributed by atoms with van der Waals surface area (Å²) in [7, 11) is 0. The number of rotatable bonds is 8. The quantitative estimate of drug-likeness (QED) is 0.639. The van der Waals surface area contributed by atoms with E-state index in [2.05, 4.69) is 13.8 Å². The fourth-order valence-corrected chi connectivity index (χ4v) is 1.71. The first-order valence-corrected chi connectivity index (χ1v) is 6.14. The first-order valence-electron chi connectivity index (χ1n) is 6.14. The second-order valence-electron chi connectivity index (χ2n) is 4.60. The standard InChI is InChI=1S/C12H24O4/c1-4-15-12-10(13)7-11(12)16-6-5-14-8-9(2)3/h9-13H,4-8H2,1-3H3. The Balaban J connectivity index is 2.01. The zero-order valence-electron chi connectivity index (χ0n) is 10.5. The van der Waals surface area contributed by atoms with Crippen LogP contribution in [-0.4, -0.2) is 49.8 Å². The van der Waals surface area contributed by atoms with Crippen LogP contribution in [0.25, 0.3) is 0 Å². The molecule has 1 fully saturated rings. The van der Waals surface area contributed by atoms with Crippen LogP contribution in [0, 0.1) is 5.92 Å². The van der Waals surface area contributed by atoms with E-state index in [9.17, 15) is 5.11 Å². The molecule has 0 aromatic heterocycles. The van der Waals surface area contributed by atoms with Crippen molar-refractivity contribution in [1.82, 2.24) is 0 Å². The van der Waals surface area contributed by atoms with Crippen molar-refractivity contribution >= 4 is 0 Å². The lowest BCUT2D eigenvalue weighted by Gasteiger charge is -2.40. The molecule has 16 heavy (non-hydrogen) atoms. The summed E-state index contributed by atoms with van der Waals surface area (Å²) in [4.78, 5) is 0. The molecule has 0 aliphatic heterocycles. The van der Waals surface area contributed by atoms with E-state index in [1.807, 2.05) is 6.92 Å². The Kier molecular flexibility index (Phi) is 6.28. The van der Waals surface area contributed by atoms with E-state index in [4.69, 9.17) is 14.2 Å². The van der Waals surface area contributed by atoms with Gasteiger partial charge in [0.15, 0.2) is 0 Å². The molecule has 1 rings (SSSR count). The SMILES string of the molecule is CCOC1C(O)CC1OCCOCC(C)C. The van der Waals surface area contributed by atoms with Crippen molar-refractivity contribution in [2.75, 3.05) is 26.4 Å². The van der Waals surface area contributed by atoms with Gasteiger partial charge in [0.25, 0.3) is 0 Å². The van der Waals surface area contributed by atoms with Crippen LogP contribution in [0.3, 0.4) is 0 Å². The van der Waals surface area contributed by atoms with Gasteiger partial charge in [0.1, 0.15) is 6.10 Å². The van der Waals surface area contributed by atoms with Crippen molar-refractivity contribution in [3.8, 4) is 0 Å². The van der Waals surface area contributed by atoms with Gasteiger partial charge in [-0.25, -0.2) is 0 Å². The summed E-state index contributed by atoms with van der Waals surface area (Å²) < 4.78 is 16.4.